The van der Waals surface area contributed by atoms with Gasteiger partial charge in [-0.25, -0.2) is 22.6 Å². The molecule has 3 aromatic carbocycles. The van der Waals surface area contributed by atoms with E-state index in [4.69, 9.17) is 4.74 Å². The highest BCUT2D eigenvalue weighted by molar-refractivity contribution is 7.91. The first-order chi connectivity index (χ1) is 20.0. The fraction of sp³-hybridized carbons (Fsp3) is 0.310. The number of aromatic nitrogens is 2. The van der Waals surface area contributed by atoms with Crippen molar-refractivity contribution in [1.29, 1.82) is 0 Å². The second kappa shape index (κ2) is 13.3. The van der Waals surface area contributed by atoms with Crippen LogP contribution in [0, 0.1) is 11.6 Å². The molecule has 4 rings (SSSR count). The number of nitrogens with zero attached hydrogens (tertiary/aromatic N) is 4. The highest BCUT2D eigenvalue weighted by atomic mass is 32.2. The third-order valence-electron chi connectivity index (χ3n) is 6.61. The van der Waals surface area contributed by atoms with E-state index in [0.717, 1.165) is 37.3 Å². The molecule has 0 saturated heterocycles. The number of sulfone groups is 1. The van der Waals surface area contributed by atoms with E-state index in [0.29, 0.717) is 41.4 Å². The standard InChI is InChI=1S/C29H34F2N6O4S/c1-35(2)12-6-13-36(3)27-8-5-7-25(28(27)32-11-14-41-4)29(38)34-37-26-10-9-23(15-20(26)19-33-37)42(39,40)24-17-21(30)16-22(31)18-24/h5,7-10,15-19,32H,6,11-14H2,1-4H3,(H,34,38). The lowest BCUT2D eigenvalue weighted by Gasteiger charge is -2.25. The lowest BCUT2D eigenvalue weighted by atomic mass is 10.1. The molecule has 4 aromatic rings. The largest absolute Gasteiger partial charge is 0.383 e. The average Bonchev–Trinajstić information content (AvgIpc) is 3.34. The molecule has 0 fully saturated rings. The van der Waals surface area contributed by atoms with Gasteiger partial charge in [-0.2, -0.15) is 9.89 Å². The van der Waals surface area contributed by atoms with Crippen LogP contribution in [0.3, 0.4) is 0 Å². The van der Waals surface area contributed by atoms with Crippen LogP contribution in [0.1, 0.15) is 16.8 Å². The maximum atomic E-state index is 13.7. The number of fused-ring (bicyclic) bond motifs is 1. The topological polar surface area (TPSA) is 109 Å². The predicted molar refractivity (Wildman–Crippen MR) is 158 cm³/mol. The van der Waals surface area contributed by atoms with Crippen molar-refractivity contribution in [2.24, 2.45) is 0 Å². The van der Waals surface area contributed by atoms with Crippen LogP contribution in [-0.4, -0.2) is 83.6 Å². The third kappa shape index (κ3) is 7.04. The Morgan fingerprint density at radius 1 is 1.00 bits per heavy atom. The van der Waals surface area contributed by atoms with E-state index in [1.54, 1.807) is 13.2 Å². The van der Waals surface area contributed by atoms with Gasteiger partial charge in [0.15, 0.2) is 0 Å². The highest BCUT2D eigenvalue weighted by Gasteiger charge is 2.22. The number of benzene rings is 3. The van der Waals surface area contributed by atoms with E-state index in [9.17, 15) is 22.0 Å². The SMILES string of the molecule is COCCNc1c(C(=O)Nn2ncc3cc(S(=O)(=O)c4cc(F)cc(F)c4)ccc32)cccc1N(C)CCCN(C)C. The van der Waals surface area contributed by atoms with E-state index >= 15 is 0 Å². The van der Waals surface area contributed by atoms with Crippen LogP contribution in [-0.2, 0) is 14.6 Å². The lowest BCUT2D eigenvalue weighted by Crippen LogP contribution is -2.27. The van der Waals surface area contributed by atoms with Gasteiger partial charge in [0.2, 0.25) is 9.84 Å². The van der Waals surface area contributed by atoms with E-state index < -0.39 is 32.3 Å². The molecule has 13 heteroatoms. The van der Waals surface area contributed by atoms with Crippen molar-refractivity contribution >= 4 is 38.0 Å². The van der Waals surface area contributed by atoms with Gasteiger partial charge in [0.05, 0.1) is 45.0 Å². The van der Waals surface area contributed by atoms with Gasteiger partial charge in [-0.3, -0.25) is 4.79 Å². The summed E-state index contributed by atoms with van der Waals surface area (Å²) < 4.78 is 58.6. The second-order valence-electron chi connectivity index (χ2n) is 10.0. The number of nitrogens with one attached hydrogen (secondary N) is 2. The fourth-order valence-electron chi connectivity index (χ4n) is 4.50. The molecule has 1 heterocycles. The molecule has 0 aliphatic heterocycles. The summed E-state index contributed by atoms with van der Waals surface area (Å²) in [6, 6.07) is 11.7. The third-order valence-corrected chi connectivity index (χ3v) is 8.34. The van der Waals surface area contributed by atoms with Crippen LogP contribution in [0.15, 0.2) is 70.6 Å². The van der Waals surface area contributed by atoms with Gasteiger partial charge >= 0.3 is 0 Å². The number of rotatable bonds is 13. The van der Waals surface area contributed by atoms with Gasteiger partial charge in [0.1, 0.15) is 11.6 Å². The molecule has 0 atom stereocenters. The quantitative estimate of drug-likeness (QED) is 0.222. The zero-order chi connectivity index (χ0) is 30.4. The first-order valence-corrected chi connectivity index (χ1v) is 14.7. The average molecular weight is 601 g/mol. The summed E-state index contributed by atoms with van der Waals surface area (Å²) in [5.41, 5.74) is 5.08. The molecule has 224 valence electrons. The Balaban J connectivity index is 1.61. The Kier molecular flexibility index (Phi) is 9.76. The summed E-state index contributed by atoms with van der Waals surface area (Å²) in [5.74, 6) is -2.43. The van der Waals surface area contributed by atoms with Crippen molar-refractivity contribution in [3.63, 3.8) is 0 Å². The molecule has 0 aliphatic carbocycles. The normalized spacial score (nSPS) is 11.7. The van der Waals surface area contributed by atoms with Crippen molar-refractivity contribution in [2.45, 2.75) is 16.2 Å². The van der Waals surface area contributed by atoms with Crippen LogP contribution < -0.4 is 15.6 Å². The summed E-state index contributed by atoms with van der Waals surface area (Å²) in [4.78, 5) is 18.3. The summed E-state index contributed by atoms with van der Waals surface area (Å²) >= 11 is 0. The number of amides is 1. The first-order valence-electron chi connectivity index (χ1n) is 13.2. The number of carbonyl (C=O) groups is 1. The number of hydrogen-bond acceptors (Lipinski definition) is 8. The smallest absolute Gasteiger partial charge is 0.273 e. The second-order valence-corrected chi connectivity index (χ2v) is 12.0. The lowest BCUT2D eigenvalue weighted by molar-refractivity contribution is 0.101. The molecule has 0 unspecified atom stereocenters. The number of methoxy groups -OCH3 is 1. The number of halogens is 2. The van der Waals surface area contributed by atoms with Crippen LogP contribution in [0.2, 0.25) is 0 Å². The first kappa shape index (κ1) is 30.9. The van der Waals surface area contributed by atoms with Crippen LogP contribution in [0.5, 0.6) is 0 Å². The van der Waals surface area contributed by atoms with Gasteiger partial charge in [-0.05, 0) is 69.5 Å². The van der Waals surface area contributed by atoms with Gasteiger partial charge in [-0.15, -0.1) is 0 Å². The van der Waals surface area contributed by atoms with Crippen LogP contribution in [0.4, 0.5) is 20.2 Å². The summed E-state index contributed by atoms with van der Waals surface area (Å²) in [6.45, 7) is 2.62. The molecule has 0 spiro atoms. The Morgan fingerprint density at radius 3 is 2.43 bits per heavy atom. The number of para-hydroxylation sites is 1. The summed E-state index contributed by atoms with van der Waals surface area (Å²) in [6.07, 6.45) is 2.33. The Bertz CT molecular complexity index is 1660. The maximum Gasteiger partial charge on any atom is 0.273 e. The number of ether oxygens (including phenoxy) is 1. The highest BCUT2D eigenvalue weighted by Crippen LogP contribution is 2.30. The zero-order valence-electron chi connectivity index (χ0n) is 23.9. The van der Waals surface area contributed by atoms with E-state index in [-0.39, 0.29) is 4.90 Å². The molecule has 42 heavy (non-hydrogen) atoms. The van der Waals surface area contributed by atoms with Gasteiger partial charge in [0.25, 0.3) is 5.91 Å². The van der Waals surface area contributed by atoms with Crippen molar-refractivity contribution < 1.29 is 26.7 Å². The van der Waals surface area contributed by atoms with Gasteiger partial charge < -0.3 is 19.9 Å². The van der Waals surface area contributed by atoms with Gasteiger partial charge in [-0.1, -0.05) is 6.07 Å². The maximum absolute atomic E-state index is 13.7. The molecule has 1 amide bonds. The molecule has 0 bridgehead atoms. The predicted octanol–water partition coefficient (Wildman–Crippen LogP) is 3.98. The van der Waals surface area contributed by atoms with Crippen molar-refractivity contribution in [1.82, 2.24) is 14.8 Å². The van der Waals surface area contributed by atoms with E-state index in [1.165, 1.54) is 29.2 Å². The molecule has 1 aromatic heterocycles. The minimum absolute atomic E-state index is 0.166. The van der Waals surface area contributed by atoms with Crippen molar-refractivity contribution in [2.75, 3.05) is 70.1 Å². The van der Waals surface area contributed by atoms with E-state index in [1.807, 2.05) is 33.3 Å². The van der Waals surface area contributed by atoms with Crippen molar-refractivity contribution in [3.8, 4) is 0 Å². The minimum Gasteiger partial charge on any atom is -0.383 e. The summed E-state index contributed by atoms with van der Waals surface area (Å²) in [5, 5.41) is 7.94. The Labute approximate surface area is 243 Å². The van der Waals surface area contributed by atoms with Crippen LogP contribution >= 0.6 is 0 Å². The molecule has 0 saturated carbocycles. The number of carbonyl (C=O) groups excluding carboxylic acids is 1. The molecule has 2 N–H and O–H groups in total. The Morgan fingerprint density at radius 2 is 1.74 bits per heavy atom. The number of hydrogen-bond donors (Lipinski definition) is 2. The summed E-state index contributed by atoms with van der Waals surface area (Å²) in [7, 11) is 3.41. The minimum atomic E-state index is -4.20. The molecule has 0 aliphatic rings. The van der Waals surface area contributed by atoms with Gasteiger partial charge in [0, 0.05) is 38.7 Å². The fourth-order valence-corrected chi connectivity index (χ4v) is 5.84. The van der Waals surface area contributed by atoms with Crippen molar-refractivity contribution in [3.05, 3.63) is 78.0 Å². The number of anilines is 2. The molecule has 0 radical (unpaired) electrons. The molecular formula is C29H34F2N6O4S. The van der Waals surface area contributed by atoms with Crippen LogP contribution in [0.25, 0.3) is 10.9 Å². The molecule has 10 nitrogen and oxygen atoms in total. The molecular weight excluding hydrogens is 566 g/mol. The zero-order valence-corrected chi connectivity index (χ0v) is 24.7. The Hall–Kier alpha value is -4.07. The van der Waals surface area contributed by atoms with E-state index in [2.05, 4.69) is 25.6 Å². The monoisotopic (exact) mass is 600 g/mol.